The first-order valence-corrected chi connectivity index (χ1v) is 7.36. The number of aromatic nitrogens is 1. The summed E-state index contributed by atoms with van der Waals surface area (Å²) in [6, 6.07) is 9.74. The van der Waals surface area contributed by atoms with Crippen LogP contribution >= 0.6 is 0 Å². The van der Waals surface area contributed by atoms with Gasteiger partial charge in [0.15, 0.2) is 11.5 Å². The molecule has 0 spiro atoms. The van der Waals surface area contributed by atoms with E-state index >= 15 is 0 Å². The van der Waals surface area contributed by atoms with Gasteiger partial charge < -0.3 is 15.2 Å². The number of benzene rings is 1. The topological polar surface area (TPSA) is 57.4 Å². The van der Waals surface area contributed by atoms with Gasteiger partial charge in [0.05, 0.1) is 13.2 Å². The molecule has 0 saturated heterocycles. The van der Waals surface area contributed by atoms with Crippen molar-refractivity contribution in [1.29, 1.82) is 0 Å². The van der Waals surface area contributed by atoms with Crippen molar-refractivity contribution < 1.29 is 9.47 Å². The third-order valence-corrected chi connectivity index (χ3v) is 2.98. The molecule has 0 bridgehead atoms. The molecule has 0 atom stereocenters. The van der Waals surface area contributed by atoms with Crippen LogP contribution in [0, 0.1) is 0 Å². The first kappa shape index (κ1) is 15.2. The fourth-order valence-electron chi connectivity index (χ4n) is 1.97. The van der Waals surface area contributed by atoms with Gasteiger partial charge in [0.2, 0.25) is 0 Å². The molecule has 1 aromatic carbocycles. The van der Waals surface area contributed by atoms with Crippen molar-refractivity contribution in [3.05, 3.63) is 36.5 Å². The Morgan fingerprint density at radius 2 is 1.57 bits per heavy atom. The van der Waals surface area contributed by atoms with Crippen molar-refractivity contribution in [2.45, 2.75) is 26.7 Å². The second kappa shape index (κ2) is 7.53. The van der Waals surface area contributed by atoms with E-state index in [9.17, 15) is 0 Å². The summed E-state index contributed by atoms with van der Waals surface area (Å²) in [5.74, 6) is 2.07. The number of nitrogen functional groups attached to an aromatic ring is 1. The Morgan fingerprint density at radius 1 is 0.905 bits per heavy atom. The van der Waals surface area contributed by atoms with Gasteiger partial charge in [-0.05, 0) is 48.2 Å². The average Bonchev–Trinajstić information content (AvgIpc) is 2.51. The fraction of sp³-hybridized carbons (Fsp3) is 0.353. The van der Waals surface area contributed by atoms with Gasteiger partial charge in [0.1, 0.15) is 5.82 Å². The van der Waals surface area contributed by atoms with E-state index in [2.05, 4.69) is 18.8 Å². The van der Waals surface area contributed by atoms with Crippen molar-refractivity contribution in [2.24, 2.45) is 0 Å². The normalized spacial score (nSPS) is 10.4. The molecule has 0 aliphatic rings. The molecule has 0 saturated carbocycles. The lowest BCUT2D eigenvalue weighted by Crippen LogP contribution is -2.01. The summed E-state index contributed by atoms with van der Waals surface area (Å²) < 4.78 is 11.5. The third kappa shape index (κ3) is 4.12. The summed E-state index contributed by atoms with van der Waals surface area (Å²) in [4.78, 5) is 4.02. The molecule has 0 unspecified atom stereocenters. The van der Waals surface area contributed by atoms with Crippen molar-refractivity contribution >= 4 is 5.82 Å². The maximum Gasteiger partial charge on any atom is 0.161 e. The maximum absolute atomic E-state index is 5.80. The molecule has 4 nitrogen and oxygen atoms in total. The van der Waals surface area contributed by atoms with Crippen LogP contribution in [-0.2, 0) is 0 Å². The standard InChI is InChI=1S/C17H22N2O2/c1-3-9-20-15-6-5-13(11-16(15)21-10-4-2)14-7-8-19-17(18)12-14/h5-8,11-12H,3-4,9-10H2,1-2H3,(H2,18,19). The highest BCUT2D eigenvalue weighted by atomic mass is 16.5. The molecule has 2 N–H and O–H groups in total. The molecule has 112 valence electrons. The van der Waals surface area contributed by atoms with E-state index in [-0.39, 0.29) is 0 Å². The highest BCUT2D eigenvalue weighted by Gasteiger charge is 2.08. The lowest BCUT2D eigenvalue weighted by molar-refractivity contribution is 0.268. The summed E-state index contributed by atoms with van der Waals surface area (Å²) in [7, 11) is 0. The Balaban J connectivity index is 2.31. The maximum atomic E-state index is 5.80. The molecule has 0 fully saturated rings. The number of anilines is 1. The molecule has 0 radical (unpaired) electrons. The van der Waals surface area contributed by atoms with Gasteiger partial charge in [-0.2, -0.15) is 0 Å². The summed E-state index contributed by atoms with van der Waals surface area (Å²) in [5, 5.41) is 0. The van der Waals surface area contributed by atoms with Crippen LogP contribution < -0.4 is 15.2 Å². The van der Waals surface area contributed by atoms with Crippen molar-refractivity contribution in [1.82, 2.24) is 4.98 Å². The second-order valence-electron chi connectivity index (χ2n) is 4.83. The Bertz CT molecular complexity index is 585. The monoisotopic (exact) mass is 286 g/mol. The first-order valence-electron chi connectivity index (χ1n) is 7.36. The lowest BCUT2D eigenvalue weighted by atomic mass is 10.1. The number of nitrogens with zero attached hydrogens (tertiary/aromatic N) is 1. The molecular formula is C17H22N2O2. The summed E-state index contributed by atoms with van der Waals surface area (Å²) in [6.07, 6.45) is 3.63. The Morgan fingerprint density at radius 3 is 2.24 bits per heavy atom. The minimum absolute atomic E-state index is 0.509. The van der Waals surface area contributed by atoms with E-state index in [4.69, 9.17) is 15.2 Å². The smallest absolute Gasteiger partial charge is 0.161 e. The highest BCUT2D eigenvalue weighted by Crippen LogP contribution is 2.33. The SMILES string of the molecule is CCCOc1ccc(-c2ccnc(N)c2)cc1OCCC. The molecule has 2 aromatic rings. The largest absolute Gasteiger partial charge is 0.490 e. The summed E-state index contributed by atoms with van der Waals surface area (Å²) in [6.45, 7) is 5.52. The van der Waals surface area contributed by atoms with E-state index in [1.54, 1.807) is 6.20 Å². The molecular weight excluding hydrogens is 264 g/mol. The third-order valence-electron chi connectivity index (χ3n) is 2.98. The van der Waals surface area contributed by atoms with Gasteiger partial charge in [-0.1, -0.05) is 19.9 Å². The molecule has 0 aliphatic heterocycles. The predicted octanol–water partition coefficient (Wildman–Crippen LogP) is 3.91. The lowest BCUT2D eigenvalue weighted by Gasteiger charge is -2.13. The Hall–Kier alpha value is -2.23. The molecule has 1 heterocycles. The minimum Gasteiger partial charge on any atom is -0.490 e. The Kier molecular flexibility index (Phi) is 5.43. The van der Waals surface area contributed by atoms with Gasteiger partial charge >= 0.3 is 0 Å². The van der Waals surface area contributed by atoms with Crippen LogP contribution in [0.2, 0.25) is 0 Å². The zero-order valence-corrected chi connectivity index (χ0v) is 12.6. The fourth-order valence-corrected chi connectivity index (χ4v) is 1.97. The van der Waals surface area contributed by atoms with Crippen LogP contribution in [0.1, 0.15) is 26.7 Å². The van der Waals surface area contributed by atoms with Crippen LogP contribution in [0.4, 0.5) is 5.82 Å². The van der Waals surface area contributed by atoms with Gasteiger partial charge in [-0.3, -0.25) is 0 Å². The van der Waals surface area contributed by atoms with Gasteiger partial charge in [-0.25, -0.2) is 4.98 Å². The van der Waals surface area contributed by atoms with E-state index < -0.39 is 0 Å². The highest BCUT2D eigenvalue weighted by molar-refractivity contribution is 5.68. The van der Waals surface area contributed by atoms with Crippen LogP contribution in [0.5, 0.6) is 11.5 Å². The summed E-state index contributed by atoms with van der Waals surface area (Å²) in [5.41, 5.74) is 7.80. The molecule has 2 rings (SSSR count). The van der Waals surface area contributed by atoms with Crippen molar-refractivity contribution in [3.63, 3.8) is 0 Å². The molecule has 4 heteroatoms. The van der Waals surface area contributed by atoms with Crippen LogP contribution in [0.3, 0.4) is 0 Å². The van der Waals surface area contributed by atoms with E-state index in [1.165, 1.54) is 0 Å². The minimum atomic E-state index is 0.509. The number of hydrogen-bond acceptors (Lipinski definition) is 4. The quantitative estimate of drug-likeness (QED) is 0.838. The van der Waals surface area contributed by atoms with Gasteiger partial charge in [-0.15, -0.1) is 0 Å². The van der Waals surface area contributed by atoms with Crippen molar-refractivity contribution in [3.8, 4) is 22.6 Å². The number of hydrogen-bond donors (Lipinski definition) is 1. The van der Waals surface area contributed by atoms with Crippen LogP contribution in [0.25, 0.3) is 11.1 Å². The second-order valence-corrected chi connectivity index (χ2v) is 4.83. The molecule has 21 heavy (non-hydrogen) atoms. The van der Waals surface area contributed by atoms with Crippen molar-refractivity contribution in [2.75, 3.05) is 18.9 Å². The van der Waals surface area contributed by atoms with E-state index in [1.807, 2.05) is 30.3 Å². The first-order chi connectivity index (χ1) is 10.2. The summed E-state index contributed by atoms with van der Waals surface area (Å²) >= 11 is 0. The van der Waals surface area contributed by atoms with Gasteiger partial charge in [0.25, 0.3) is 0 Å². The molecule has 0 aliphatic carbocycles. The van der Waals surface area contributed by atoms with Gasteiger partial charge in [0, 0.05) is 6.20 Å². The Labute approximate surface area is 125 Å². The number of pyridine rings is 1. The van der Waals surface area contributed by atoms with E-state index in [0.717, 1.165) is 35.5 Å². The average molecular weight is 286 g/mol. The molecule has 0 amide bonds. The number of rotatable bonds is 7. The zero-order valence-electron chi connectivity index (χ0n) is 12.6. The predicted molar refractivity (Wildman–Crippen MR) is 85.7 cm³/mol. The zero-order chi connectivity index (χ0) is 15.1. The number of nitrogens with two attached hydrogens (primary N) is 1. The van der Waals surface area contributed by atoms with E-state index in [0.29, 0.717) is 19.0 Å². The molecule has 1 aromatic heterocycles. The number of ether oxygens (including phenoxy) is 2. The van der Waals surface area contributed by atoms with Crippen LogP contribution in [-0.4, -0.2) is 18.2 Å². The van der Waals surface area contributed by atoms with Crippen LogP contribution in [0.15, 0.2) is 36.5 Å².